The average Bonchev–Trinajstić information content (AvgIpc) is 3.83. The highest BCUT2D eigenvalue weighted by Gasteiger charge is 2.32. The molecule has 0 aliphatic carbocycles. The third-order valence-corrected chi connectivity index (χ3v) is 10.8. The Morgan fingerprint density at radius 1 is 0.690 bits per heavy atom. The van der Waals surface area contributed by atoms with Crippen molar-refractivity contribution in [3.63, 3.8) is 0 Å². The standard InChI is InChI=1S/C45H55N7O6/c1-3-35(53)24-31(22-33-27-48-38-18-9-7-16-36(33)38)45(58)51-52(2)42(55)26-32(23-34-28-49-39-19-10-8-17-37(34)39)44(57)50-40(21-29-13-5-4-6-14-29)41(54)25-30(43(47)56)15-11-12-20-46/h4-10,13-14,16-19,27-28,30-32,40,48-49H,3,11-12,15,20-26,46H2,1-2H3,(H2,47,56)(H,50,57)(H,51,58)/t30-,31+,32-,40-/m1/s1. The number of nitrogens with two attached hydrogens (primary N) is 2. The fraction of sp³-hybridized carbons (Fsp3) is 0.378. The van der Waals surface area contributed by atoms with Crippen LogP contribution >= 0.6 is 0 Å². The molecule has 0 spiro atoms. The van der Waals surface area contributed by atoms with E-state index in [9.17, 15) is 28.8 Å². The summed E-state index contributed by atoms with van der Waals surface area (Å²) in [7, 11) is 1.42. The molecule has 58 heavy (non-hydrogen) atoms. The summed E-state index contributed by atoms with van der Waals surface area (Å²) >= 11 is 0. The number of aromatic nitrogens is 2. The molecule has 8 N–H and O–H groups in total. The number of benzene rings is 3. The second-order valence-corrected chi connectivity index (χ2v) is 15.1. The molecule has 13 nitrogen and oxygen atoms in total. The van der Waals surface area contributed by atoms with Crippen molar-refractivity contribution in [2.75, 3.05) is 13.6 Å². The molecule has 4 amide bonds. The van der Waals surface area contributed by atoms with Crippen LogP contribution in [0.5, 0.6) is 0 Å². The Labute approximate surface area is 338 Å². The van der Waals surface area contributed by atoms with Crippen LogP contribution < -0.4 is 22.2 Å². The molecule has 2 heterocycles. The van der Waals surface area contributed by atoms with Gasteiger partial charge in [-0.1, -0.05) is 80.1 Å². The average molecular weight is 790 g/mol. The number of nitrogens with one attached hydrogen (secondary N) is 4. The number of hydrogen-bond acceptors (Lipinski definition) is 7. The number of unbranched alkanes of at least 4 members (excludes halogenated alkanes) is 1. The number of ketones is 2. The molecule has 3 aromatic carbocycles. The van der Waals surface area contributed by atoms with Crippen LogP contribution in [0, 0.1) is 17.8 Å². The van der Waals surface area contributed by atoms with Gasteiger partial charge >= 0.3 is 0 Å². The summed E-state index contributed by atoms with van der Waals surface area (Å²) in [5.41, 5.74) is 18.3. The highest BCUT2D eigenvalue weighted by Crippen LogP contribution is 2.25. The molecule has 306 valence electrons. The van der Waals surface area contributed by atoms with Crippen molar-refractivity contribution < 1.29 is 28.8 Å². The molecule has 0 aliphatic heterocycles. The van der Waals surface area contributed by atoms with E-state index in [4.69, 9.17) is 11.5 Å². The molecule has 0 unspecified atom stereocenters. The van der Waals surface area contributed by atoms with E-state index in [1.165, 1.54) is 7.05 Å². The maximum atomic E-state index is 14.4. The summed E-state index contributed by atoms with van der Waals surface area (Å²) in [4.78, 5) is 87.5. The van der Waals surface area contributed by atoms with Gasteiger partial charge in [0.15, 0.2) is 5.78 Å². The van der Waals surface area contributed by atoms with E-state index in [2.05, 4.69) is 20.7 Å². The van der Waals surface area contributed by atoms with Gasteiger partial charge in [-0.3, -0.25) is 39.2 Å². The number of H-pyrrole nitrogens is 2. The van der Waals surface area contributed by atoms with Crippen molar-refractivity contribution in [3.05, 3.63) is 108 Å². The number of fused-ring (bicyclic) bond motifs is 2. The van der Waals surface area contributed by atoms with Crippen molar-refractivity contribution in [2.24, 2.45) is 29.2 Å². The first-order valence-electron chi connectivity index (χ1n) is 20.0. The van der Waals surface area contributed by atoms with Gasteiger partial charge in [-0.15, -0.1) is 0 Å². The van der Waals surface area contributed by atoms with E-state index >= 15 is 0 Å². The van der Waals surface area contributed by atoms with Crippen LogP contribution in [-0.2, 0) is 48.0 Å². The molecule has 4 atom stereocenters. The van der Waals surface area contributed by atoms with Gasteiger partial charge in [0, 0.05) is 72.8 Å². The Balaban J connectivity index is 1.36. The SMILES string of the molecule is CCC(=O)C[C@H](Cc1c[nH]c2ccccc12)C(=O)NN(C)C(=O)C[C@@H](Cc1c[nH]c2ccccc12)C(=O)N[C@H](Cc1ccccc1)C(=O)C[C@@H](CCCCN)C(N)=O. The molecule has 0 saturated heterocycles. The number of amides is 4. The minimum absolute atomic E-state index is 0.00404. The zero-order valence-corrected chi connectivity index (χ0v) is 33.3. The van der Waals surface area contributed by atoms with Crippen LogP contribution in [0.4, 0.5) is 0 Å². The largest absolute Gasteiger partial charge is 0.369 e. The number of rotatable bonds is 22. The number of Topliss-reactive ketones (excluding diaryl/α,β-unsaturated/α-hetero) is 2. The number of aromatic amines is 2. The lowest BCUT2D eigenvalue weighted by Crippen LogP contribution is -2.49. The second-order valence-electron chi connectivity index (χ2n) is 15.1. The molecule has 0 radical (unpaired) electrons. The third-order valence-electron chi connectivity index (χ3n) is 10.8. The highest BCUT2D eigenvalue weighted by molar-refractivity contribution is 5.95. The van der Waals surface area contributed by atoms with Crippen molar-refractivity contribution in [2.45, 2.75) is 77.2 Å². The number of primary amides is 1. The summed E-state index contributed by atoms with van der Waals surface area (Å²) < 4.78 is 0. The van der Waals surface area contributed by atoms with Gasteiger partial charge < -0.3 is 26.8 Å². The van der Waals surface area contributed by atoms with Gasteiger partial charge in [0.1, 0.15) is 5.78 Å². The zero-order chi connectivity index (χ0) is 41.6. The van der Waals surface area contributed by atoms with Crippen LogP contribution in [0.25, 0.3) is 21.8 Å². The van der Waals surface area contributed by atoms with Crippen LogP contribution in [0.3, 0.4) is 0 Å². The van der Waals surface area contributed by atoms with Gasteiger partial charge in [0.25, 0.3) is 0 Å². The minimum atomic E-state index is -1.01. The van der Waals surface area contributed by atoms with Crippen LogP contribution in [0.2, 0.25) is 0 Å². The molecular formula is C45H55N7O6. The molecule has 0 saturated carbocycles. The van der Waals surface area contributed by atoms with E-state index in [1.807, 2.05) is 85.1 Å². The van der Waals surface area contributed by atoms with E-state index in [-0.39, 0.29) is 56.5 Å². The summed E-state index contributed by atoms with van der Waals surface area (Å²) in [5, 5.41) is 5.84. The Hall–Kier alpha value is -6.08. The molecule has 0 bridgehead atoms. The van der Waals surface area contributed by atoms with Crippen LogP contribution in [0.15, 0.2) is 91.3 Å². The van der Waals surface area contributed by atoms with Crippen molar-refractivity contribution in [3.8, 4) is 0 Å². The van der Waals surface area contributed by atoms with E-state index in [0.717, 1.165) is 43.5 Å². The number of carbonyl (C=O) groups is 6. The number of para-hydroxylation sites is 2. The molecular weight excluding hydrogens is 735 g/mol. The Kier molecular flexibility index (Phi) is 15.5. The van der Waals surface area contributed by atoms with Crippen molar-refractivity contribution >= 4 is 57.0 Å². The normalized spacial score (nSPS) is 13.4. The van der Waals surface area contributed by atoms with Crippen molar-refractivity contribution in [1.82, 2.24) is 25.7 Å². The Bertz CT molecular complexity index is 2190. The van der Waals surface area contributed by atoms with Crippen LogP contribution in [-0.4, -0.2) is 69.8 Å². The fourth-order valence-corrected chi connectivity index (χ4v) is 7.38. The predicted octanol–water partition coefficient (Wildman–Crippen LogP) is 4.83. The first-order valence-corrected chi connectivity index (χ1v) is 20.0. The predicted molar refractivity (Wildman–Crippen MR) is 224 cm³/mol. The quantitative estimate of drug-likeness (QED) is 0.0424. The number of carbonyl (C=O) groups excluding carboxylic acids is 6. The minimum Gasteiger partial charge on any atom is -0.369 e. The molecule has 13 heteroatoms. The summed E-state index contributed by atoms with van der Waals surface area (Å²) in [6.45, 7) is 2.20. The van der Waals surface area contributed by atoms with Crippen LogP contribution in [0.1, 0.15) is 68.6 Å². The Morgan fingerprint density at radius 3 is 1.83 bits per heavy atom. The molecule has 5 aromatic rings. The summed E-state index contributed by atoms with van der Waals surface area (Å²) in [5.74, 6) is -5.02. The number of hydrogen-bond donors (Lipinski definition) is 6. The van der Waals surface area contributed by atoms with E-state index in [1.54, 1.807) is 13.1 Å². The topological polar surface area (TPSA) is 213 Å². The molecule has 2 aromatic heterocycles. The summed E-state index contributed by atoms with van der Waals surface area (Å²) in [6.07, 6.45) is 5.72. The van der Waals surface area contributed by atoms with E-state index in [0.29, 0.717) is 25.8 Å². The fourth-order valence-electron chi connectivity index (χ4n) is 7.38. The maximum Gasteiger partial charge on any atom is 0.242 e. The lowest BCUT2D eigenvalue weighted by atomic mass is 9.89. The lowest BCUT2D eigenvalue weighted by Gasteiger charge is -2.26. The molecule has 0 fully saturated rings. The third kappa shape index (κ3) is 11.7. The van der Waals surface area contributed by atoms with Crippen molar-refractivity contribution in [1.29, 1.82) is 0 Å². The lowest BCUT2D eigenvalue weighted by molar-refractivity contribution is -0.144. The molecule has 0 aliphatic rings. The van der Waals surface area contributed by atoms with Gasteiger partial charge in [0.2, 0.25) is 23.6 Å². The number of nitrogens with zero attached hydrogens (tertiary/aromatic N) is 1. The smallest absolute Gasteiger partial charge is 0.242 e. The highest BCUT2D eigenvalue weighted by atomic mass is 16.2. The van der Waals surface area contributed by atoms with Gasteiger partial charge in [-0.25, -0.2) is 0 Å². The zero-order valence-electron chi connectivity index (χ0n) is 33.3. The van der Waals surface area contributed by atoms with E-state index < -0.39 is 47.4 Å². The first kappa shape index (κ1) is 43.1. The number of hydrazine groups is 1. The summed E-state index contributed by atoms with van der Waals surface area (Å²) in [6, 6.07) is 23.5. The maximum absolute atomic E-state index is 14.4. The Morgan fingerprint density at radius 2 is 1.26 bits per heavy atom. The van der Waals surface area contributed by atoms with Gasteiger partial charge in [0.05, 0.1) is 17.9 Å². The monoisotopic (exact) mass is 789 g/mol. The van der Waals surface area contributed by atoms with Gasteiger partial charge in [-0.05, 0) is 67.5 Å². The molecule has 5 rings (SSSR count). The first-order chi connectivity index (χ1) is 28.0. The second kappa shape index (κ2) is 20.9. The van der Waals surface area contributed by atoms with Gasteiger partial charge in [-0.2, -0.15) is 0 Å².